The van der Waals surface area contributed by atoms with Crippen molar-refractivity contribution in [3.05, 3.63) is 23.8 Å². The molecule has 0 aromatic heterocycles. The van der Waals surface area contributed by atoms with Crippen LogP contribution in [0.15, 0.2) is 23.8 Å². The van der Waals surface area contributed by atoms with Crippen molar-refractivity contribution in [1.82, 2.24) is 0 Å². The normalized spacial score (nSPS) is 36.5. The van der Waals surface area contributed by atoms with Crippen molar-refractivity contribution in [2.24, 2.45) is 23.7 Å². The van der Waals surface area contributed by atoms with Crippen LogP contribution in [-0.2, 0) is 28.4 Å². The number of hydrogen-bond donors (Lipinski definition) is 1. The topological polar surface area (TPSA) is 75.6 Å². The molecule has 2 aliphatic rings. The van der Waals surface area contributed by atoms with E-state index in [9.17, 15) is 5.11 Å². The number of ether oxygens (including phenoxy) is 6. The summed E-state index contributed by atoms with van der Waals surface area (Å²) < 4.78 is 34.2. The molecule has 2 rings (SSSR count). The fraction of sp³-hybridized carbons (Fsp3) is 0.846. The standard InChI is InChI=1S/C26H46O7/c1-10-20(28-5)17(4)18-14-19(18)21(27)15(2)12-11-13-16(3)22-23(29-6)24(30-7)25(31-8)26(32-9)33-22/h11-13,15,17-27H,10,14H2,1-9H3/b12-11+,16-13+/t15-,17-,18+,19?,20-,21+,22-,23+,24-,25+,26-/m0/s1. The Labute approximate surface area is 200 Å². The molecule has 0 aromatic carbocycles. The van der Waals surface area contributed by atoms with Crippen LogP contribution in [0.5, 0.6) is 0 Å². The van der Waals surface area contributed by atoms with E-state index >= 15 is 0 Å². The Kier molecular flexibility index (Phi) is 11.5. The largest absolute Gasteiger partial charge is 0.392 e. The second-order valence-electron chi connectivity index (χ2n) is 9.51. The predicted molar refractivity (Wildman–Crippen MR) is 128 cm³/mol. The Morgan fingerprint density at radius 2 is 1.61 bits per heavy atom. The minimum atomic E-state index is -0.558. The average Bonchev–Trinajstić information content (AvgIpc) is 3.63. The third-order valence-electron chi connectivity index (χ3n) is 7.60. The van der Waals surface area contributed by atoms with E-state index in [1.165, 1.54) is 0 Å². The molecule has 0 bridgehead atoms. The molecule has 192 valence electrons. The first-order chi connectivity index (χ1) is 15.8. The van der Waals surface area contributed by atoms with Crippen LogP contribution in [0.4, 0.5) is 0 Å². The summed E-state index contributed by atoms with van der Waals surface area (Å²) in [6, 6.07) is 0. The van der Waals surface area contributed by atoms with E-state index in [0.717, 1.165) is 18.4 Å². The van der Waals surface area contributed by atoms with Gasteiger partial charge in [-0.25, -0.2) is 0 Å². The molecule has 1 N–H and O–H groups in total. The van der Waals surface area contributed by atoms with Crippen molar-refractivity contribution in [1.29, 1.82) is 0 Å². The quantitative estimate of drug-likeness (QED) is 0.412. The lowest BCUT2D eigenvalue weighted by Gasteiger charge is -2.44. The smallest absolute Gasteiger partial charge is 0.186 e. The third kappa shape index (κ3) is 6.66. The molecule has 1 saturated heterocycles. The van der Waals surface area contributed by atoms with Gasteiger partial charge in [0.1, 0.15) is 24.4 Å². The van der Waals surface area contributed by atoms with Crippen LogP contribution >= 0.6 is 0 Å². The third-order valence-corrected chi connectivity index (χ3v) is 7.60. The van der Waals surface area contributed by atoms with Crippen molar-refractivity contribution in [2.45, 2.75) is 83.5 Å². The van der Waals surface area contributed by atoms with Crippen molar-refractivity contribution in [3.63, 3.8) is 0 Å². The molecule has 1 aliphatic heterocycles. The van der Waals surface area contributed by atoms with Gasteiger partial charge in [0.2, 0.25) is 0 Å². The maximum atomic E-state index is 10.9. The second-order valence-corrected chi connectivity index (χ2v) is 9.51. The molecule has 33 heavy (non-hydrogen) atoms. The first kappa shape index (κ1) is 28.4. The second kappa shape index (κ2) is 13.3. The zero-order chi connectivity index (χ0) is 24.7. The van der Waals surface area contributed by atoms with Gasteiger partial charge in [-0.1, -0.05) is 39.0 Å². The molecule has 7 nitrogen and oxygen atoms in total. The molecule has 0 radical (unpaired) electrons. The first-order valence-corrected chi connectivity index (χ1v) is 12.1. The molecule has 0 amide bonds. The van der Waals surface area contributed by atoms with Crippen LogP contribution in [0.3, 0.4) is 0 Å². The van der Waals surface area contributed by atoms with Gasteiger partial charge in [0.15, 0.2) is 6.29 Å². The Bertz CT molecular complexity index is 632. The lowest BCUT2D eigenvalue weighted by molar-refractivity contribution is -0.295. The fourth-order valence-corrected chi connectivity index (χ4v) is 5.38. The number of aliphatic hydroxyl groups is 1. The SMILES string of the molecule is CC[C@H](OC)[C@@H](C)[C@H]1CC1[C@H](O)[C@@H](C)/C=C/C=C(\C)[C@@H]1O[C@H](OC)[C@H](OC)[C@@H](OC)[C@@H]1OC. The summed E-state index contributed by atoms with van der Waals surface area (Å²) in [5.74, 6) is 1.39. The number of methoxy groups -OCH3 is 5. The van der Waals surface area contributed by atoms with Gasteiger partial charge in [-0.3, -0.25) is 0 Å². The molecular formula is C26H46O7. The summed E-state index contributed by atoms with van der Waals surface area (Å²) in [7, 11) is 8.27. The Morgan fingerprint density at radius 3 is 2.12 bits per heavy atom. The summed E-state index contributed by atoms with van der Waals surface area (Å²) >= 11 is 0. The molecule has 2 fully saturated rings. The fourth-order valence-electron chi connectivity index (χ4n) is 5.38. The van der Waals surface area contributed by atoms with Gasteiger partial charge < -0.3 is 33.5 Å². The van der Waals surface area contributed by atoms with Gasteiger partial charge in [0.25, 0.3) is 0 Å². The molecule has 7 heteroatoms. The molecule has 1 unspecified atom stereocenters. The Morgan fingerprint density at radius 1 is 0.970 bits per heavy atom. The van der Waals surface area contributed by atoms with E-state index in [1.807, 2.05) is 19.1 Å². The van der Waals surface area contributed by atoms with Crippen molar-refractivity contribution >= 4 is 0 Å². The number of allylic oxidation sites excluding steroid dienone is 2. The first-order valence-electron chi connectivity index (χ1n) is 12.1. The van der Waals surface area contributed by atoms with Crippen LogP contribution in [0.25, 0.3) is 0 Å². The van der Waals surface area contributed by atoms with E-state index in [1.54, 1.807) is 35.5 Å². The van der Waals surface area contributed by atoms with Crippen molar-refractivity contribution in [3.8, 4) is 0 Å². The maximum Gasteiger partial charge on any atom is 0.186 e. The lowest BCUT2D eigenvalue weighted by Crippen LogP contribution is -2.60. The van der Waals surface area contributed by atoms with Crippen LogP contribution < -0.4 is 0 Å². The van der Waals surface area contributed by atoms with Gasteiger partial charge >= 0.3 is 0 Å². The highest BCUT2D eigenvalue weighted by molar-refractivity contribution is 5.19. The summed E-state index contributed by atoms with van der Waals surface area (Å²) in [5, 5.41) is 10.9. The average molecular weight is 471 g/mol. The number of aliphatic hydroxyl groups excluding tert-OH is 1. The van der Waals surface area contributed by atoms with Crippen molar-refractivity contribution in [2.75, 3.05) is 35.5 Å². The number of rotatable bonds is 13. The van der Waals surface area contributed by atoms with E-state index in [-0.39, 0.29) is 42.5 Å². The Balaban J connectivity index is 2.02. The van der Waals surface area contributed by atoms with Gasteiger partial charge in [-0.05, 0) is 43.1 Å². The monoisotopic (exact) mass is 470 g/mol. The summed E-state index contributed by atoms with van der Waals surface area (Å²) in [4.78, 5) is 0. The van der Waals surface area contributed by atoms with Gasteiger partial charge in [-0.15, -0.1) is 0 Å². The van der Waals surface area contributed by atoms with Crippen LogP contribution in [0.1, 0.15) is 40.5 Å². The highest BCUT2D eigenvalue weighted by Crippen LogP contribution is 2.49. The molecule has 1 heterocycles. The van der Waals surface area contributed by atoms with Gasteiger partial charge in [0.05, 0.1) is 12.2 Å². The highest BCUT2D eigenvalue weighted by atomic mass is 16.7. The van der Waals surface area contributed by atoms with Crippen molar-refractivity contribution < 1.29 is 33.5 Å². The minimum Gasteiger partial charge on any atom is -0.392 e. The maximum absolute atomic E-state index is 10.9. The summed E-state index contributed by atoms with van der Waals surface area (Å²) in [6.07, 6.45) is 6.10. The van der Waals surface area contributed by atoms with E-state index in [0.29, 0.717) is 17.8 Å². The molecule has 1 saturated carbocycles. The zero-order valence-corrected chi connectivity index (χ0v) is 21.9. The van der Waals surface area contributed by atoms with Gasteiger partial charge in [-0.2, -0.15) is 0 Å². The van der Waals surface area contributed by atoms with Crippen LogP contribution in [0, 0.1) is 23.7 Å². The molecule has 0 aromatic rings. The van der Waals surface area contributed by atoms with E-state index in [2.05, 4.69) is 26.8 Å². The molecule has 0 spiro atoms. The lowest BCUT2D eigenvalue weighted by atomic mass is 9.91. The Hall–Kier alpha value is -0.800. The van der Waals surface area contributed by atoms with E-state index < -0.39 is 6.29 Å². The van der Waals surface area contributed by atoms with Crippen LogP contribution in [-0.4, -0.2) is 83.6 Å². The number of hydrogen-bond acceptors (Lipinski definition) is 7. The zero-order valence-electron chi connectivity index (χ0n) is 21.9. The highest BCUT2D eigenvalue weighted by Gasteiger charge is 2.49. The molecule has 11 atom stereocenters. The molecule has 1 aliphatic carbocycles. The van der Waals surface area contributed by atoms with Gasteiger partial charge in [0, 0.05) is 41.5 Å². The van der Waals surface area contributed by atoms with Crippen LogP contribution in [0.2, 0.25) is 0 Å². The molecular weight excluding hydrogens is 424 g/mol. The minimum absolute atomic E-state index is 0.0562. The summed E-state index contributed by atoms with van der Waals surface area (Å²) in [6.45, 7) is 8.47. The summed E-state index contributed by atoms with van der Waals surface area (Å²) in [5.41, 5.74) is 0.988. The van der Waals surface area contributed by atoms with E-state index in [4.69, 9.17) is 28.4 Å². The predicted octanol–water partition coefficient (Wildman–Crippen LogP) is 3.60.